The van der Waals surface area contributed by atoms with E-state index < -0.39 is 11.7 Å². The fraction of sp³-hybridized carbons (Fsp3) is 0.538. The lowest BCUT2D eigenvalue weighted by Gasteiger charge is -2.39. The molecule has 1 amide bonds. The van der Waals surface area contributed by atoms with Gasteiger partial charge in [-0.1, -0.05) is 24.6 Å². The Kier molecular flexibility index (Phi) is 7.84. The van der Waals surface area contributed by atoms with Gasteiger partial charge in [-0.3, -0.25) is 14.7 Å². The summed E-state index contributed by atoms with van der Waals surface area (Å²) in [5.74, 6) is -0.0190. The Morgan fingerprint density at radius 3 is 2.51 bits per heavy atom. The average molecular weight is 490 g/mol. The molecule has 3 heterocycles. The van der Waals surface area contributed by atoms with Gasteiger partial charge in [0.1, 0.15) is 0 Å². The molecule has 2 aromatic rings. The Morgan fingerprint density at radius 1 is 1.11 bits per heavy atom. The molecular weight excluding hydrogens is 455 g/mol. The number of hydrogen-bond donors (Lipinski definition) is 1. The topological polar surface area (TPSA) is 51.7 Å². The van der Waals surface area contributed by atoms with E-state index in [0.29, 0.717) is 25.3 Å². The first kappa shape index (κ1) is 25.3. The largest absolute Gasteiger partial charge is 0.417 e. The lowest BCUT2D eigenvalue weighted by molar-refractivity contribution is -0.138. The molecule has 2 atom stereocenters. The zero-order valence-corrected chi connectivity index (χ0v) is 20.4. The van der Waals surface area contributed by atoms with Gasteiger partial charge in [0.15, 0.2) is 0 Å². The van der Waals surface area contributed by atoms with Gasteiger partial charge in [-0.15, -0.1) is 0 Å². The number of anilines is 2. The van der Waals surface area contributed by atoms with Crippen LogP contribution in [0.3, 0.4) is 0 Å². The fourth-order valence-corrected chi connectivity index (χ4v) is 4.93. The number of hydrogen-bond acceptors (Lipinski definition) is 5. The van der Waals surface area contributed by atoms with Crippen molar-refractivity contribution in [1.82, 2.24) is 14.8 Å². The summed E-state index contributed by atoms with van der Waals surface area (Å²) in [7, 11) is 0. The summed E-state index contributed by atoms with van der Waals surface area (Å²) in [4.78, 5) is 23.5. The predicted octanol–water partition coefficient (Wildman–Crippen LogP) is 4.27. The van der Waals surface area contributed by atoms with Crippen LogP contribution >= 0.6 is 0 Å². The van der Waals surface area contributed by atoms with Gasteiger partial charge in [-0.25, -0.2) is 0 Å². The Labute approximate surface area is 205 Å². The first-order valence-electron chi connectivity index (χ1n) is 12.3. The summed E-state index contributed by atoms with van der Waals surface area (Å²) in [6, 6.07) is 9.57. The molecule has 2 fully saturated rings. The molecule has 0 radical (unpaired) electrons. The van der Waals surface area contributed by atoms with Crippen molar-refractivity contribution in [2.75, 3.05) is 56.0 Å². The van der Waals surface area contributed by atoms with E-state index in [2.05, 4.69) is 51.3 Å². The molecular formula is C26H34F3N5O. The number of nitrogens with one attached hydrogen (secondary N) is 1. The molecule has 35 heavy (non-hydrogen) atoms. The van der Waals surface area contributed by atoms with Gasteiger partial charge in [0.25, 0.3) is 0 Å². The molecule has 0 spiro atoms. The molecule has 2 aliphatic rings. The predicted molar refractivity (Wildman–Crippen MR) is 131 cm³/mol. The average Bonchev–Trinajstić information content (AvgIpc) is 2.84. The molecule has 190 valence electrons. The van der Waals surface area contributed by atoms with Gasteiger partial charge >= 0.3 is 6.18 Å². The van der Waals surface area contributed by atoms with E-state index >= 15 is 0 Å². The van der Waals surface area contributed by atoms with Crippen molar-refractivity contribution in [3.05, 3.63) is 53.9 Å². The van der Waals surface area contributed by atoms with Crippen molar-refractivity contribution in [1.29, 1.82) is 0 Å². The first-order valence-corrected chi connectivity index (χ1v) is 12.3. The van der Waals surface area contributed by atoms with Crippen LogP contribution in [-0.2, 0) is 11.0 Å². The Balaban J connectivity index is 1.26. The van der Waals surface area contributed by atoms with Crippen molar-refractivity contribution >= 4 is 17.3 Å². The van der Waals surface area contributed by atoms with Crippen LogP contribution in [0.5, 0.6) is 0 Å². The van der Waals surface area contributed by atoms with Crippen LogP contribution < -0.4 is 10.2 Å². The highest BCUT2D eigenvalue weighted by Crippen LogP contribution is 2.30. The second kappa shape index (κ2) is 10.8. The number of benzene rings is 1. The van der Waals surface area contributed by atoms with Crippen molar-refractivity contribution in [2.45, 2.75) is 38.9 Å². The van der Waals surface area contributed by atoms with E-state index in [1.165, 1.54) is 17.4 Å². The number of pyridine rings is 1. The molecule has 1 N–H and O–H groups in total. The smallest absolute Gasteiger partial charge is 0.379 e. The van der Waals surface area contributed by atoms with E-state index in [0.717, 1.165) is 51.3 Å². The number of amides is 1. The van der Waals surface area contributed by atoms with Crippen molar-refractivity contribution in [3.8, 4) is 0 Å². The van der Waals surface area contributed by atoms with Crippen molar-refractivity contribution < 1.29 is 18.0 Å². The lowest BCUT2D eigenvalue weighted by Crippen LogP contribution is -2.51. The van der Waals surface area contributed by atoms with Crippen LogP contribution in [0.15, 0.2) is 42.7 Å². The Hall–Kier alpha value is -2.81. The normalized spacial score (nSPS) is 20.5. The van der Waals surface area contributed by atoms with E-state index in [1.54, 1.807) is 0 Å². The van der Waals surface area contributed by atoms with Gasteiger partial charge in [0, 0.05) is 75.9 Å². The molecule has 4 rings (SSSR count). The molecule has 2 aliphatic heterocycles. The molecule has 1 unspecified atom stereocenters. The van der Waals surface area contributed by atoms with Gasteiger partial charge < -0.3 is 15.1 Å². The number of likely N-dealkylation sites (tertiary alicyclic amines) is 1. The van der Waals surface area contributed by atoms with E-state index in [-0.39, 0.29) is 17.9 Å². The third-order valence-electron chi connectivity index (χ3n) is 6.89. The quantitative estimate of drug-likeness (QED) is 0.657. The second-order valence-electron chi connectivity index (χ2n) is 9.75. The maximum atomic E-state index is 13.2. The van der Waals surface area contributed by atoms with Crippen LogP contribution in [0.1, 0.15) is 30.9 Å². The summed E-state index contributed by atoms with van der Waals surface area (Å²) in [6.07, 6.45) is -0.591. The van der Waals surface area contributed by atoms with Crippen LogP contribution in [-0.4, -0.2) is 72.5 Å². The summed E-state index contributed by atoms with van der Waals surface area (Å²) in [6.45, 7) is 9.65. The van der Waals surface area contributed by atoms with E-state index in [9.17, 15) is 18.0 Å². The van der Waals surface area contributed by atoms with Crippen molar-refractivity contribution in [3.63, 3.8) is 0 Å². The number of nitrogens with zero attached hydrogens (tertiary/aromatic N) is 4. The van der Waals surface area contributed by atoms with E-state index in [1.807, 2.05) is 11.8 Å². The second-order valence-corrected chi connectivity index (χ2v) is 9.75. The summed E-state index contributed by atoms with van der Waals surface area (Å²) >= 11 is 0. The van der Waals surface area contributed by atoms with E-state index in [4.69, 9.17) is 0 Å². The Bertz CT molecular complexity index is 989. The van der Waals surface area contributed by atoms with Gasteiger partial charge in [0.2, 0.25) is 5.91 Å². The fourth-order valence-electron chi connectivity index (χ4n) is 4.93. The Morgan fingerprint density at radius 2 is 1.83 bits per heavy atom. The number of carbonyl (C=O) groups excluding carboxylic acids is 1. The van der Waals surface area contributed by atoms with Crippen LogP contribution in [0.4, 0.5) is 24.5 Å². The standard InChI is InChI=1S/C26H34F3N5O/c1-19-5-7-24(8-6-19)33-12-10-32(11-13-33)17-20(2)25(35)34-9-3-4-22(18-34)31-23-14-21(15-30-16-23)26(27,28)29/h5-8,14-16,20,22,31H,3-4,9-13,17-18H2,1-2H3/t20?,22-/m0/s1. The minimum Gasteiger partial charge on any atom is -0.379 e. The zero-order chi connectivity index (χ0) is 25.0. The highest BCUT2D eigenvalue weighted by molar-refractivity contribution is 5.79. The number of alkyl halides is 3. The van der Waals surface area contributed by atoms with Crippen molar-refractivity contribution in [2.24, 2.45) is 5.92 Å². The number of aryl methyl sites for hydroxylation is 1. The van der Waals surface area contributed by atoms with Gasteiger partial charge in [-0.2, -0.15) is 13.2 Å². The van der Waals surface area contributed by atoms with Crippen LogP contribution in [0.2, 0.25) is 0 Å². The SMILES string of the molecule is Cc1ccc(N2CCN(CC(C)C(=O)N3CCC[C@H](Nc4cncc(C(F)(F)F)c4)C3)CC2)cc1. The first-order chi connectivity index (χ1) is 16.7. The molecule has 1 aromatic carbocycles. The maximum Gasteiger partial charge on any atom is 0.417 e. The summed E-state index contributed by atoms with van der Waals surface area (Å²) < 4.78 is 39.0. The minimum absolute atomic E-state index is 0.0942. The molecule has 0 bridgehead atoms. The molecule has 1 aromatic heterocycles. The monoisotopic (exact) mass is 489 g/mol. The zero-order valence-electron chi connectivity index (χ0n) is 20.4. The number of piperidine rings is 1. The van der Waals surface area contributed by atoms with Gasteiger partial charge in [0.05, 0.1) is 11.3 Å². The number of halogens is 3. The van der Waals surface area contributed by atoms with Crippen LogP contribution in [0.25, 0.3) is 0 Å². The highest BCUT2D eigenvalue weighted by Gasteiger charge is 2.32. The number of carbonyl (C=O) groups is 1. The number of aromatic nitrogens is 1. The molecule has 6 nitrogen and oxygen atoms in total. The van der Waals surface area contributed by atoms with Gasteiger partial charge in [-0.05, 0) is 38.0 Å². The summed E-state index contributed by atoms with van der Waals surface area (Å²) in [5.41, 5.74) is 2.05. The third-order valence-corrected chi connectivity index (χ3v) is 6.89. The minimum atomic E-state index is -4.43. The third kappa shape index (κ3) is 6.66. The van der Waals surface area contributed by atoms with Crippen LogP contribution in [0, 0.1) is 12.8 Å². The lowest BCUT2D eigenvalue weighted by atomic mass is 10.0. The maximum absolute atomic E-state index is 13.2. The number of piperazine rings is 1. The molecule has 0 saturated carbocycles. The molecule has 0 aliphatic carbocycles. The number of rotatable bonds is 6. The summed E-state index contributed by atoms with van der Waals surface area (Å²) in [5, 5.41) is 3.15. The molecule has 9 heteroatoms. The molecule has 2 saturated heterocycles. The highest BCUT2D eigenvalue weighted by atomic mass is 19.4.